The molecule has 0 heterocycles. The zero-order valence-corrected chi connectivity index (χ0v) is 11.3. The number of benzene rings is 1. The molecular formula is C12H12F3NO3S. The summed E-state index contributed by atoms with van der Waals surface area (Å²) in [4.78, 5) is 23.4. The van der Waals surface area contributed by atoms with E-state index in [1.807, 2.05) is 0 Å². The molecule has 1 amide bonds. The number of amides is 1. The highest BCUT2D eigenvalue weighted by Crippen LogP contribution is 2.36. The number of rotatable bonds is 5. The lowest BCUT2D eigenvalue weighted by Crippen LogP contribution is -2.28. The van der Waals surface area contributed by atoms with Gasteiger partial charge in [0.1, 0.15) is 0 Å². The van der Waals surface area contributed by atoms with E-state index in [4.69, 9.17) is 5.11 Å². The van der Waals surface area contributed by atoms with Crippen molar-refractivity contribution >= 4 is 23.6 Å². The Kier molecular flexibility index (Phi) is 5.43. The van der Waals surface area contributed by atoms with Gasteiger partial charge >= 0.3 is 11.5 Å². The molecule has 0 spiro atoms. The zero-order valence-electron chi connectivity index (χ0n) is 10.5. The first kappa shape index (κ1) is 16.4. The highest BCUT2D eigenvalue weighted by atomic mass is 32.2. The van der Waals surface area contributed by atoms with Crippen LogP contribution >= 0.6 is 11.8 Å². The molecule has 1 rings (SSSR count). The second-order valence-electron chi connectivity index (χ2n) is 3.94. The molecule has 0 aliphatic heterocycles. The molecule has 4 nitrogen and oxygen atoms in total. The SMILES string of the molecule is CN(CCC(=O)O)C(=O)c1ccc(SC(F)(F)F)cc1. The molecular weight excluding hydrogens is 295 g/mol. The van der Waals surface area contributed by atoms with E-state index in [0.717, 1.165) is 0 Å². The van der Waals surface area contributed by atoms with E-state index in [9.17, 15) is 22.8 Å². The Morgan fingerprint density at radius 3 is 2.25 bits per heavy atom. The molecule has 0 atom stereocenters. The summed E-state index contributed by atoms with van der Waals surface area (Å²) in [5.74, 6) is -1.46. The van der Waals surface area contributed by atoms with Crippen LogP contribution in [0, 0.1) is 0 Å². The van der Waals surface area contributed by atoms with E-state index in [2.05, 4.69) is 0 Å². The number of carboxylic acids is 1. The molecule has 1 aromatic carbocycles. The topological polar surface area (TPSA) is 57.6 Å². The van der Waals surface area contributed by atoms with Crippen molar-refractivity contribution in [2.24, 2.45) is 0 Å². The first-order valence-corrected chi connectivity index (χ1v) is 6.34. The standard InChI is InChI=1S/C12H12F3NO3S/c1-16(7-6-10(17)18)11(19)8-2-4-9(5-3-8)20-12(13,14)15/h2-5H,6-7H2,1H3,(H,17,18). The molecule has 1 N–H and O–H groups in total. The number of nitrogens with zero attached hydrogens (tertiary/aromatic N) is 1. The Bertz CT molecular complexity index is 488. The second kappa shape index (κ2) is 6.65. The summed E-state index contributed by atoms with van der Waals surface area (Å²) in [6, 6.07) is 4.98. The summed E-state index contributed by atoms with van der Waals surface area (Å²) < 4.78 is 36.4. The van der Waals surface area contributed by atoms with Gasteiger partial charge in [-0.25, -0.2) is 0 Å². The Morgan fingerprint density at radius 2 is 1.80 bits per heavy atom. The van der Waals surface area contributed by atoms with E-state index in [1.54, 1.807) is 0 Å². The van der Waals surface area contributed by atoms with Crippen molar-refractivity contribution in [1.29, 1.82) is 0 Å². The number of carbonyl (C=O) groups is 2. The second-order valence-corrected chi connectivity index (χ2v) is 5.08. The Labute approximate surface area is 117 Å². The highest BCUT2D eigenvalue weighted by Gasteiger charge is 2.29. The lowest BCUT2D eigenvalue weighted by molar-refractivity contribution is -0.137. The number of halogens is 3. The van der Waals surface area contributed by atoms with Gasteiger partial charge in [0.2, 0.25) is 0 Å². The first-order chi connectivity index (χ1) is 9.19. The van der Waals surface area contributed by atoms with Crippen LogP contribution in [-0.2, 0) is 4.79 Å². The Balaban J connectivity index is 2.68. The van der Waals surface area contributed by atoms with Gasteiger partial charge in [-0.1, -0.05) is 0 Å². The normalized spacial score (nSPS) is 11.2. The fourth-order valence-corrected chi connectivity index (χ4v) is 1.92. The summed E-state index contributed by atoms with van der Waals surface area (Å²) in [7, 11) is 1.43. The lowest BCUT2D eigenvalue weighted by Gasteiger charge is -2.16. The Hall–Kier alpha value is -1.70. The minimum absolute atomic E-state index is 0.0118. The van der Waals surface area contributed by atoms with Gasteiger partial charge in [-0.2, -0.15) is 13.2 Å². The van der Waals surface area contributed by atoms with Crippen molar-refractivity contribution in [2.75, 3.05) is 13.6 Å². The van der Waals surface area contributed by atoms with Crippen molar-refractivity contribution in [3.63, 3.8) is 0 Å². The van der Waals surface area contributed by atoms with Crippen molar-refractivity contribution in [3.05, 3.63) is 29.8 Å². The largest absolute Gasteiger partial charge is 0.481 e. The van der Waals surface area contributed by atoms with Crippen LogP contribution < -0.4 is 0 Å². The van der Waals surface area contributed by atoms with Crippen LogP contribution in [0.1, 0.15) is 16.8 Å². The summed E-state index contributed by atoms with van der Waals surface area (Å²) in [5.41, 5.74) is -4.16. The third-order valence-corrected chi connectivity index (χ3v) is 3.08. The van der Waals surface area contributed by atoms with Crippen molar-refractivity contribution in [3.8, 4) is 0 Å². The highest BCUT2D eigenvalue weighted by molar-refractivity contribution is 8.00. The van der Waals surface area contributed by atoms with Crippen LogP contribution in [0.3, 0.4) is 0 Å². The van der Waals surface area contributed by atoms with E-state index in [-0.39, 0.29) is 35.2 Å². The van der Waals surface area contributed by atoms with Gasteiger partial charge in [-0.05, 0) is 36.0 Å². The van der Waals surface area contributed by atoms with Crippen LogP contribution in [0.2, 0.25) is 0 Å². The molecule has 0 aliphatic rings. The number of carboxylic acid groups (broad SMARTS) is 1. The molecule has 110 valence electrons. The number of hydrogen-bond acceptors (Lipinski definition) is 3. The molecule has 0 saturated carbocycles. The third kappa shape index (κ3) is 5.52. The van der Waals surface area contributed by atoms with Crippen LogP contribution in [0.15, 0.2) is 29.2 Å². The predicted molar refractivity (Wildman–Crippen MR) is 67.6 cm³/mol. The fourth-order valence-electron chi connectivity index (χ4n) is 1.38. The minimum Gasteiger partial charge on any atom is -0.481 e. The predicted octanol–water partition coefficient (Wildman–Crippen LogP) is 2.85. The van der Waals surface area contributed by atoms with Gasteiger partial charge in [0.05, 0.1) is 6.42 Å². The van der Waals surface area contributed by atoms with Crippen molar-refractivity contribution in [1.82, 2.24) is 4.90 Å². The molecule has 0 fully saturated rings. The molecule has 1 aromatic rings. The molecule has 0 radical (unpaired) electrons. The molecule has 0 bridgehead atoms. The zero-order chi connectivity index (χ0) is 15.3. The maximum Gasteiger partial charge on any atom is 0.446 e. The van der Waals surface area contributed by atoms with Gasteiger partial charge in [0.15, 0.2) is 0 Å². The molecule has 0 aliphatic carbocycles. The number of carbonyl (C=O) groups excluding carboxylic acids is 1. The van der Waals surface area contributed by atoms with Crippen molar-refractivity contribution < 1.29 is 27.9 Å². The van der Waals surface area contributed by atoms with Gasteiger partial charge in [-0.3, -0.25) is 9.59 Å². The van der Waals surface area contributed by atoms with Crippen LogP contribution in [0.25, 0.3) is 0 Å². The summed E-state index contributed by atoms with van der Waals surface area (Å²) in [6.45, 7) is 0.0349. The maximum absolute atomic E-state index is 12.1. The molecule has 0 aromatic heterocycles. The van der Waals surface area contributed by atoms with E-state index in [1.165, 1.54) is 36.2 Å². The summed E-state index contributed by atoms with van der Waals surface area (Å²) in [5, 5.41) is 8.51. The summed E-state index contributed by atoms with van der Waals surface area (Å²) in [6.07, 6.45) is -0.190. The van der Waals surface area contributed by atoms with Gasteiger partial charge in [0, 0.05) is 24.1 Å². The van der Waals surface area contributed by atoms with Crippen LogP contribution in [0.4, 0.5) is 13.2 Å². The molecule has 0 saturated heterocycles. The van der Waals surface area contributed by atoms with E-state index >= 15 is 0 Å². The molecule has 20 heavy (non-hydrogen) atoms. The minimum atomic E-state index is -4.37. The number of thioether (sulfide) groups is 1. The average molecular weight is 307 g/mol. The fraction of sp³-hybridized carbons (Fsp3) is 0.333. The maximum atomic E-state index is 12.1. The first-order valence-electron chi connectivity index (χ1n) is 5.52. The van der Waals surface area contributed by atoms with Gasteiger partial charge in [-0.15, -0.1) is 0 Å². The van der Waals surface area contributed by atoms with Crippen LogP contribution in [0.5, 0.6) is 0 Å². The van der Waals surface area contributed by atoms with Gasteiger partial charge in [0.25, 0.3) is 5.91 Å². The monoisotopic (exact) mass is 307 g/mol. The number of aliphatic carboxylic acids is 1. The van der Waals surface area contributed by atoms with E-state index < -0.39 is 17.4 Å². The lowest BCUT2D eigenvalue weighted by atomic mass is 10.2. The summed E-state index contributed by atoms with van der Waals surface area (Å²) >= 11 is -0.259. The molecule has 0 unspecified atom stereocenters. The number of hydrogen-bond donors (Lipinski definition) is 1. The average Bonchev–Trinajstić information content (AvgIpc) is 2.34. The van der Waals surface area contributed by atoms with Gasteiger partial charge < -0.3 is 10.0 Å². The van der Waals surface area contributed by atoms with E-state index in [0.29, 0.717) is 0 Å². The smallest absolute Gasteiger partial charge is 0.446 e. The third-order valence-electron chi connectivity index (χ3n) is 2.34. The molecule has 8 heteroatoms. The quantitative estimate of drug-likeness (QED) is 0.850. The van der Waals surface area contributed by atoms with Crippen LogP contribution in [-0.4, -0.2) is 41.0 Å². The number of alkyl halides is 3. The Morgan fingerprint density at radius 1 is 1.25 bits per heavy atom. The van der Waals surface area contributed by atoms with Crippen molar-refractivity contribution in [2.45, 2.75) is 16.8 Å².